The average Bonchev–Trinajstić information content (AvgIpc) is 2.45. The zero-order valence-corrected chi connectivity index (χ0v) is 11.3. The molecule has 3 N–H and O–H groups in total. The van der Waals surface area contributed by atoms with Crippen molar-refractivity contribution in [3.8, 4) is 17.2 Å². The molecule has 2 aromatic rings. The zero-order valence-electron chi connectivity index (χ0n) is 11.3. The molecule has 0 saturated carbocycles. The maximum absolute atomic E-state index is 11.6. The van der Waals surface area contributed by atoms with Crippen LogP contribution in [0, 0.1) is 0 Å². The third-order valence-electron chi connectivity index (χ3n) is 2.98. The van der Waals surface area contributed by atoms with E-state index in [0.29, 0.717) is 12.0 Å². The molecule has 0 unspecified atom stereocenters. The van der Waals surface area contributed by atoms with E-state index in [1.807, 2.05) is 0 Å². The van der Waals surface area contributed by atoms with E-state index < -0.39 is 5.97 Å². The number of hydrogen-bond donors (Lipinski definition) is 3. The second-order valence-electron chi connectivity index (χ2n) is 4.64. The molecule has 5 heteroatoms. The molecule has 0 spiro atoms. The molecule has 5 nitrogen and oxygen atoms in total. The summed E-state index contributed by atoms with van der Waals surface area (Å²) in [6, 6.07) is 10.9. The van der Waals surface area contributed by atoms with Crippen molar-refractivity contribution < 1.29 is 24.9 Å². The van der Waals surface area contributed by atoms with Crippen molar-refractivity contribution >= 4 is 5.97 Å². The first kappa shape index (κ1) is 14.7. The van der Waals surface area contributed by atoms with Crippen LogP contribution in [0.25, 0.3) is 0 Å². The van der Waals surface area contributed by atoms with Gasteiger partial charge < -0.3 is 20.1 Å². The van der Waals surface area contributed by atoms with Crippen LogP contribution in [-0.4, -0.2) is 27.9 Å². The van der Waals surface area contributed by atoms with Crippen molar-refractivity contribution in [2.45, 2.75) is 12.8 Å². The standard InChI is InChI=1S/C16H16O5/c17-13-4-1-11(2-5-13)7-8-21-16(20)10-12-3-6-14(18)15(19)9-12/h1-6,9,17-19H,7-8,10H2. The highest BCUT2D eigenvalue weighted by atomic mass is 16.5. The van der Waals surface area contributed by atoms with Gasteiger partial charge in [0.2, 0.25) is 0 Å². The van der Waals surface area contributed by atoms with Crippen LogP contribution < -0.4 is 0 Å². The van der Waals surface area contributed by atoms with Gasteiger partial charge in [-0.25, -0.2) is 0 Å². The molecule has 0 amide bonds. The highest BCUT2D eigenvalue weighted by molar-refractivity contribution is 5.72. The molecule has 2 aromatic carbocycles. The van der Waals surface area contributed by atoms with E-state index >= 15 is 0 Å². The molecule has 0 aliphatic heterocycles. The van der Waals surface area contributed by atoms with Crippen LogP contribution in [0.3, 0.4) is 0 Å². The summed E-state index contributed by atoms with van der Waals surface area (Å²) < 4.78 is 5.10. The number of esters is 1. The SMILES string of the molecule is O=C(Cc1ccc(O)c(O)c1)OCCc1ccc(O)cc1. The minimum atomic E-state index is -0.404. The Morgan fingerprint density at radius 1 is 0.905 bits per heavy atom. The van der Waals surface area contributed by atoms with E-state index in [1.165, 1.54) is 12.1 Å². The maximum atomic E-state index is 11.6. The van der Waals surface area contributed by atoms with Crippen molar-refractivity contribution in [3.63, 3.8) is 0 Å². The van der Waals surface area contributed by atoms with Gasteiger partial charge in [-0.2, -0.15) is 0 Å². The molecular weight excluding hydrogens is 272 g/mol. The summed E-state index contributed by atoms with van der Waals surface area (Å²) in [5.41, 5.74) is 1.53. The van der Waals surface area contributed by atoms with Crippen LogP contribution in [0.5, 0.6) is 17.2 Å². The normalized spacial score (nSPS) is 10.3. The molecule has 0 heterocycles. The summed E-state index contributed by atoms with van der Waals surface area (Å²) in [6.45, 7) is 0.244. The van der Waals surface area contributed by atoms with Crippen LogP contribution in [0.1, 0.15) is 11.1 Å². The summed E-state index contributed by atoms with van der Waals surface area (Å²) >= 11 is 0. The Morgan fingerprint density at radius 3 is 2.24 bits per heavy atom. The molecule has 0 atom stereocenters. The molecule has 21 heavy (non-hydrogen) atoms. The fraction of sp³-hybridized carbons (Fsp3) is 0.188. The molecule has 0 saturated heterocycles. The molecule has 0 bridgehead atoms. The lowest BCUT2D eigenvalue weighted by Crippen LogP contribution is -2.10. The van der Waals surface area contributed by atoms with E-state index in [-0.39, 0.29) is 30.3 Å². The quantitative estimate of drug-likeness (QED) is 0.579. The first-order chi connectivity index (χ1) is 10.0. The monoisotopic (exact) mass is 288 g/mol. The van der Waals surface area contributed by atoms with Gasteiger partial charge in [0.1, 0.15) is 5.75 Å². The number of phenols is 3. The lowest BCUT2D eigenvalue weighted by Gasteiger charge is -2.06. The Kier molecular flexibility index (Phi) is 4.66. The minimum Gasteiger partial charge on any atom is -0.508 e. The summed E-state index contributed by atoms with van der Waals surface area (Å²) in [6.07, 6.45) is 0.594. The fourth-order valence-corrected chi connectivity index (χ4v) is 1.84. The Bertz CT molecular complexity index is 619. The third-order valence-corrected chi connectivity index (χ3v) is 2.98. The van der Waals surface area contributed by atoms with Gasteiger partial charge in [0.15, 0.2) is 11.5 Å². The van der Waals surface area contributed by atoms with Gasteiger partial charge in [-0.1, -0.05) is 18.2 Å². The van der Waals surface area contributed by atoms with Gasteiger partial charge in [-0.3, -0.25) is 4.79 Å². The number of aromatic hydroxyl groups is 3. The second-order valence-corrected chi connectivity index (χ2v) is 4.64. The summed E-state index contributed by atoms with van der Waals surface area (Å²) in [7, 11) is 0. The van der Waals surface area contributed by atoms with Gasteiger partial charge in [0.25, 0.3) is 0 Å². The van der Waals surface area contributed by atoms with Crippen LogP contribution >= 0.6 is 0 Å². The Balaban J connectivity index is 1.79. The molecule has 2 rings (SSSR count). The van der Waals surface area contributed by atoms with Gasteiger partial charge in [-0.15, -0.1) is 0 Å². The first-order valence-corrected chi connectivity index (χ1v) is 6.49. The average molecular weight is 288 g/mol. The molecule has 0 aliphatic carbocycles. The highest BCUT2D eigenvalue weighted by Crippen LogP contribution is 2.25. The number of carbonyl (C=O) groups is 1. The van der Waals surface area contributed by atoms with Crippen molar-refractivity contribution in [1.29, 1.82) is 0 Å². The van der Waals surface area contributed by atoms with Gasteiger partial charge >= 0.3 is 5.97 Å². The largest absolute Gasteiger partial charge is 0.508 e. The summed E-state index contributed by atoms with van der Waals surface area (Å²) in [4.78, 5) is 11.6. The smallest absolute Gasteiger partial charge is 0.310 e. The number of rotatable bonds is 5. The number of phenolic OH excluding ortho intramolecular Hbond substituents is 3. The second kappa shape index (κ2) is 6.65. The Labute approximate surface area is 122 Å². The molecule has 0 aliphatic rings. The molecule has 0 fully saturated rings. The van der Waals surface area contributed by atoms with E-state index in [2.05, 4.69) is 0 Å². The van der Waals surface area contributed by atoms with Crippen molar-refractivity contribution in [1.82, 2.24) is 0 Å². The third kappa shape index (κ3) is 4.42. The predicted molar refractivity (Wildman–Crippen MR) is 76.2 cm³/mol. The first-order valence-electron chi connectivity index (χ1n) is 6.49. The fourth-order valence-electron chi connectivity index (χ4n) is 1.84. The van der Waals surface area contributed by atoms with Crippen LogP contribution in [0.2, 0.25) is 0 Å². The Hall–Kier alpha value is -2.69. The van der Waals surface area contributed by atoms with E-state index in [4.69, 9.17) is 9.84 Å². The molecule has 0 radical (unpaired) electrons. The topological polar surface area (TPSA) is 87.0 Å². The molecular formula is C16H16O5. The zero-order chi connectivity index (χ0) is 15.2. The van der Waals surface area contributed by atoms with Gasteiger partial charge in [0.05, 0.1) is 13.0 Å². The van der Waals surface area contributed by atoms with Crippen molar-refractivity contribution in [2.24, 2.45) is 0 Å². The van der Waals surface area contributed by atoms with Gasteiger partial charge in [0, 0.05) is 6.42 Å². The van der Waals surface area contributed by atoms with Crippen LogP contribution in [-0.2, 0) is 22.4 Å². The van der Waals surface area contributed by atoms with E-state index in [9.17, 15) is 15.0 Å². The highest BCUT2D eigenvalue weighted by Gasteiger charge is 2.07. The molecule has 0 aromatic heterocycles. The van der Waals surface area contributed by atoms with Crippen LogP contribution in [0.4, 0.5) is 0 Å². The lowest BCUT2D eigenvalue weighted by atomic mass is 10.1. The number of hydrogen-bond acceptors (Lipinski definition) is 5. The Morgan fingerprint density at radius 2 is 1.57 bits per heavy atom. The van der Waals surface area contributed by atoms with Gasteiger partial charge in [-0.05, 0) is 35.4 Å². The minimum absolute atomic E-state index is 0.0312. The van der Waals surface area contributed by atoms with E-state index in [0.717, 1.165) is 5.56 Å². The number of carbonyl (C=O) groups excluding carboxylic acids is 1. The van der Waals surface area contributed by atoms with E-state index in [1.54, 1.807) is 30.3 Å². The maximum Gasteiger partial charge on any atom is 0.310 e. The predicted octanol–water partition coefficient (Wildman–Crippen LogP) is 2.13. The van der Waals surface area contributed by atoms with Crippen molar-refractivity contribution in [2.75, 3.05) is 6.61 Å². The van der Waals surface area contributed by atoms with Crippen LogP contribution in [0.15, 0.2) is 42.5 Å². The lowest BCUT2D eigenvalue weighted by molar-refractivity contribution is -0.142. The number of ether oxygens (including phenoxy) is 1. The summed E-state index contributed by atoms with van der Waals surface area (Å²) in [5, 5.41) is 27.7. The molecule has 110 valence electrons. The summed E-state index contributed by atoms with van der Waals surface area (Å²) in [5.74, 6) is -0.689. The van der Waals surface area contributed by atoms with Crippen molar-refractivity contribution in [3.05, 3.63) is 53.6 Å². The number of benzene rings is 2.